The summed E-state index contributed by atoms with van der Waals surface area (Å²) >= 11 is 0. The van der Waals surface area contributed by atoms with Gasteiger partial charge in [0, 0.05) is 12.0 Å². The predicted molar refractivity (Wildman–Crippen MR) is 67.8 cm³/mol. The Kier molecular flexibility index (Phi) is 3.20. The quantitative estimate of drug-likeness (QED) is 0.433. The Hall–Kier alpha value is -2.08. The standard InChI is InChI=1S/C12H16N4O2/c1-12(2,6-14-11(17)16-13)8-3-4-9-10(5-8)18-7-15-9/h3-5,7H,6,13H2,1-2H3,(H2,14,16,17). The number of aromatic nitrogens is 1. The van der Waals surface area contributed by atoms with Gasteiger partial charge in [-0.2, -0.15) is 0 Å². The Morgan fingerprint density at radius 3 is 3.00 bits per heavy atom. The van der Waals surface area contributed by atoms with Crippen LogP contribution < -0.4 is 16.6 Å². The van der Waals surface area contributed by atoms with Crippen molar-refractivity contribution in [3.05, 3.63) is 30.2 Å². The minimum Gasteiger partial charge on any atom is -0.443 e. The number of rotatable bonds is 3. The summed E-state index contributed by atoms with van der Waals surface area (Å²) in [4.78, 5) is 15.2. The molecular weight excluding hydrogens is 232 g/mol. The lowest BCUT2D eigenvalue weighted by Gasteiger charge is -2.25. The highest BCUT2D eigenvalue weighted by molar-refractivity contribution is 5.74. The fourth-order valence-corrected chi connectivity index (χ4v) is 1.73. The second-order valence-electron chi connectivity index (χ2n) is 4.75. The van der Waals surface area contributed by atoms with Crippen molar-refractivity contribution < 1.29 is 9.21 Å². The lowest BCUT2D eigenvalue weighted by Crippen LogP contribution is -2.44. The first-order chi connectivity index (χ1) is 8.53. The predicted octanol–water partition coefficient (Wildman–Crippen LogP) is 1.28. The van der Waals surface area contributed by atoms with Crippen molar-refractivity contribution in [2.45, 2.75) is 19.3 Å². The number of hydrogen-bond acceptors (Lipinski definition) is 4. The summed E-state index contributed by atoms with van der Waals surface area (Å²) < 4.78 is 5.27. The zero-order valence-corrected chi connectivity index (χ0v) is 10.4. The van der Waals surface area contributed by atoms with Crippen molar-refractivity contribution in [2.75, 3.05) is 6.54 Å². The number of nitrogens with zero attached hydrogens (tertiary/aromatic N) is 1. The molecule has 0 unspecified atom stereocenters. The molecule has 96 valence electrons. The van der Waals surface area contributed by atoms with Crippen LogP contribution in [0.25, 0.3) is 11.1 Å². The number of carbonyl (C=O) groups excluding carboxylic acids is 1. The molecular formula is C12H16N4O2. The average Bonchev–Trinajstić information content (AvgIpc) is 2.83. The monoisotopic (exact) mass is 248 g/mol. The minimum atomic E-state index is -0.399. The third-order valence-electron chi connectivity index (χ3n) is 2.93. The Balaban J connectivity index is 2.19. The molecule has 2 rings (SSSR count). The Morgan fingerprint density at radius 2 is 2.28 bits per heavy atom. The maximum atomic E-state index is 11.1. The number of fused-ring (bicyclic) bond motifs is 1. The molecule has 18 heavy (non-hydrogen) atoms. The number of amides is 2. The largest absolute Gasteiger partial charge is 0.443 e. The molecule has 6 heteroatoms. The second kappa shape index (κ2) is 4.66. The van der Waals surface area contributed by atoms with E-state index in [0.29, 0.717) is 6.54 Å². The second-order valence-corrected chi connectivity index (χ2v) is 4.75. The maximum Gasteiger partial charge on any atom is 0.328 e. The summed E-state index contributed by atoms with van der Waals surface area (Å²) in [5.74, 6) is 5.02. The molecule has 0 fully saturated rings. The number of nitrogens with two attached hydrogens (primary N) is 1. The number of hydrazine groups is 1. The molecule has 0 spiro atoms. The van der Waals surface area contributed by atoms with Gasteiger partial charge in [-0.3, -0.25) is 5.43 Å². The molecule has 0 radical (unpaired) electrons. The number of nitrogens with one attached hydrogen (secondary N) is 2. The Labute approximate surface area is 105 Å². The smallest absolute Gasteiger partial charge is 0.328 e. The molecule has 0 aliphatic heterocycles. The van der Waals surface area contributed by atoms with Crippen molar-refractivity contribution in [1.29, 1.82) is 0 Å². The van der Waals surface area contributed by atoms with Gasteiger partial charge in [0.1, 0.15) is 5.52 Å². The highest BCUT2D eigenvalue weighted by atomic mass is 16.3. The molecule has 0 atom stereocenters. The molecule has 6 nitrogen and oxygen atoms in total. The van der Waals surface area contributed by atoms with Gasteiger partial charge in [-0.1, -0.05) is 19.9 Å². The third kappa shape index (κ3) is 2.43. The number of oxazole rings is 1. The van der Waals surface area contributed by atoms with Crippen molar-refractivity contribution >= 4 is 17.1 Å². The van der Waals surface area contributed by atoms with Gasteiger partial charge in [-0.25, -0.2) is 15.6 Å². The van der Waals surface area contributed by atoms with E-state index >= 15 is 0 Å². The van der Waals surface area contributed by atoms with E-state index in [1.807, 2.05) is 37.5 Å². The van der Waals surface area contributed by atoms with Crippen LogP contribution in [0.3, 0.4) is 0 Å². The summed E-state index contributed by atoms with van der Waals surface area (Å²) in [6.45, 7) is 4.53. The van der Waals surface area contributed by atoms with Crippen LogP contribution in [0.15, 0.2) is 29.0 Å². The molecule has 0 aliphatic rings. The van der Waals surface area contributed by atoms with Crippen LogP contribution in [0.5, 0.6) is 0 Å². The molecule has 1 heterocycles. The van der Waals surface area contributed by atoms with Crippen LogP contribution in [0.1, 0.15) is 19.4 Å². The number of carbonyl (C=O) groups is 1. The van der Waals surface area contributed by atoms with Gasteiger partial charge in [0.05, 0.1) is 0 Å². The Morgan fingerprint density at radius 1 is 1.50 bits per heavy atom. The van der Waals surface area contributed by atoms with Gasteiger partial charge in [0.15, 0.2) is 12.0 Å². The summed E-state index contributed by atoms with van der Waals surface area (Å²) in [6.07, 6.45) is 1.42. The van der Waals surface area contributed by atoms with Crippen LogP contribution in [-0.2, 0) is 5.41 Å². The highest BCUT2D eigenvalue weighted by Gasteiger charge is 2.22. The SMILES string of the molecule is CC(C)(CNC(=O)NN)c1ccc2ncoc2c1. The van der Waals surface area contributed by atoms with E-state index in [1.165, 1.54) is 6.39 Å². The van der Waals surface area contributed by atoms with Gasteiger partial charge >= 0.3 is 6.03 Å². The number of benzene rings is 1. The number of hydrogen-bond donors (Lipinski definition) is 3. The van der Waals surface area contributed by atoms with Crippen LogP contribution in [0.4, 0.5) is 4.79 Å². The molecule has 2 amide bonds. The number of urea groups is 1. The van der Waals surface area contributed by atoms with Crippen molar-refractivity contribution in [3.63, 3.8) is 0 Å². The summed E-state index contributed by atoms with van der Waals surface area (Å²) in [5, 5.41) is 2.69. The molecule has 0 saturated heterocycles. The zero-order chi connectivity index (χ0) is 13.2. The lowest BCUT2D eigenvalue weighted by atomic mass is 9.84. The van der Waals surface area contributed by atoms with Gasteiger partial charge < -0.3 is 9.73 Å². The maximum absolute atomic E-state index is 11.1. The first-order valence-corrected chi connectivity index (χ1v) is 5.61. The first kappa shape index (κ1) is 12.4. The first-order valence-electron chi connectivity index (χ1n) is 5.61. The van der Waals surface area contributed by atoms with Crippen molar-refractivity contribution in [1.82, 2.24) is 15.7 Å². The van der Waals surface area contributed by atoms with E-state index in [0.717, 1.165) is 16.7 Å². The lowest BCUT2D eigenvalue weighted by molar-refractivity contribution is 0.238. The van der Waals surface area contributed by atoms with Gasteiger partial charge in [-0.15, -0.1) is 0 Å². The van der Waals surface area contributed by atoms with Crippen LogP contribution in [0.2, 0.25) is 0 Å². The average molecular weight is 248 g/mol. The van der Waals surface area contributed by atoms with Crippen LogP contribution >= 0.6 is 0 Å². The van der Waals surface area contributed by atoms with Gasteiger partial charge in [0.25, 0.3) is 0 Å². The molecule has 4 N–H and O–H groups in total. The topological polar surface area (TPSA) is 93.2 Å². The van der Waals surface area contributed by atoms with E-state index in [9.17, 15) is 4.79 Å². The fraction of sp³-hybridized carbons (Fsp3) is 0.333. The molecule has 2 aromatic rings. The van der Waals surface area contributed by atoms with E-state index in [4.69, 9.17) is 10.3 Å². The van der Waals surface area contributed by atoms with Crippen LogP contribution in [0, 0.1) is 0 Å². The van der Waals surface area contributed by atoms with Gasteiger partial charge in [0.2, 0.25) is 0 Å². The highest BCUT2D eigenvalue weighted by Crippen LogP contribution is 2.25. The van der Waals surface area contributed by atoms with E-state index in [1.54, 1.807) is 0 Å². The third-order valence-corrected chi connectivity index (χ3v) is 2.93. The fourth-order valence-electron chi connectivity index (χ4n) is 1.73. The van der Waals surface area contributed by atoms with Crippen molar-refractivity contribution in [3.8, 4) is 0 Å². The molecule has 0 aliphatic carbocycles. The summed E-state index contributed by atoms with van der Waals surface area (Å²) in [6, 6.07) is 5.42. The van der Waals surface area contributed by atoms with Gasteiger partial charge in [-0.05, 0) is 17.7 Å². The molecule has 1 aromatic heterocycles. The normalized spacial score (nSPS) is 11.5. The van der Waals surface area contributed by atoms with E-state index in [2.05, 4.69) is 10.3 Å². The van der Waals surface area contributed by atoms with Crippen molar-refractivity contribution in [2.24, 2.45) is 5.84 Å². The molecule has 1 aromatic carbocycles. The molecule has 0 bridgehead atoms. The summed E-state index contributed by atoms with van der Waals surface area (Å²) in [7, 11) is 0. The Bertz CT molecular complexity index is 562. The van der Waals surface area contributed by atoms with E-state index in [-0.39, 0.29) is 5.41 Å². The van der Waals surface area contributed by atoms with E-state index < -0.39 is 6.03 Å². The summed E-state index contributed by atoms with van der Waals surface area (Å²) in [5.41, 5.74) is 4.43. The minimum absolute atomic E-state index is 0.229. The zero-order valence-electron chi connectivity index (χ0n) is 10.4. The van der Waals surface area contributed by atoms with Crippen LogP contribution in [-0.4, -0.2) is 17.6 Å². The molecule has 0 saturated carbocycles.